The summed E-state index contributed by atoms with van der Waals surface area (Å²) in [6, 6.07) is 15.1. The van der Waals surface area contributed by atoms with E-state index in [1.165, 1.54) is 12.1 Å². The number of para-hydroxylation sites is 2. The van der Waals surface area contributed by atoms with E-state index in [1.54, 1.807) is 0 Å². The largest absolute Gasteiger partial charge is 0.360 e. The number of rotatable bonds is 7. The van der Waals surface area contributed by atoms with Gasteiger partial charge in [-0.05, 0) is 54.9 Å². The molecular weight excluding hydrogens is 413 g/mol. The van der Waals surface area contributed by atoms with E-state index in [0.29, 0.717) is 17.7 Å². The normalized spacial score (nSPS) is 15.2. The molecule has 9 heteroatoms. The molecule has 3 aromatic rings. The van der Waals surface area contributed by atoms with E-state index in [2.05, 4.69) is 31.6 Å². The zero-order valence-electron chi connectivity index (χ0n) is 17.4. The minimum atomic E-state index is -0.222. The Balaban J connectivity index is 1.40. The predicted octanol–water partition coefficient (Wildman–Crippen LogP) is 2.44. The van der Waals surface area contributed by atoms with Gasteiger partial charge < -0.3 is 25.5 Å². The van der Waals surface area contributed by atoms with Crippen LogP contribution in [-0.4, -0.2) is 51.8 Å². The van der Waals surface area contributed by atoms with Crippen molar-refractivity contribution in [3.63, 3.8) is 0 Å². The number of piperidine rings is 1. The van der Waals surface area contributed by atoms with Gasteiger partial charge in [0.1, 0.15) is 5.82 Å². The Hall–Kier alpha value is -2.75. The monoisotopic (exact) mass is 441 g/mol. The number of nitrogens with one attached hydrogen (secondary N) is 3. The molecule has 0 aliphatic carbocycles. The van der Waals surface area contributed by atoms with Crippen LogP contribution in [0.1, 0.15) is 18.4 Å². The maximum Gasteiger partial charge on any atom is 0.204 e. The van der Waals surface area contributed by atoms with E-state index in [1.807, 2.05) is 30.3 Å². The Morgan fingerprint density at radius 3 is 2.61 bits per heavy atom. The van der Waals surface area contributed by atoms with Crippen LogP contribution in [0.2, 0.25) is 0 Å². The van der Waals surface area contributed by atoms with Crippen LogP contribution in [0, 0.1) is 5.82 Å². The van der Waals surface area contributed by atoms with Gasteiger partial charge in [-0.1, -0.05) is 24.3 Å². The standard InChI is InChI=1S/C22H28FN7S/c23-17-7-5-16(6-8-17)15-30-20-4-2-1-3-19(20)27-21(30)26-18-9-12-29(13-10-18)14-11-25-22(31)28-24/h1-8,18H,9-15,24H2,(H,26,27)(H2,25,28,31). The number of thiocarbonyl (C=S) groups is 1. The molecule has 0 atom stereocenters. The molecule has 0 spiro atoms. The lowest BCUT2D eigenvalue weighted by atomic mass is 10.1. The average Bonchev–Trinajstić information content (AvgIpc) is 3.13. The van der Waals surface area contributed by atoms with E-state index in [9.17, 15) is 4.39 Å². The van der Waals surface area contributed by atoms with Crippen molar-refractivity contribution in [2.45, 2.75) is 25.4 Å². The first-order valence-electron chi connectivity index (χ1n) is 10.6. The van der Waals surface area contributed by atoms with Crippen LogP contribution in [-0.2, 0) is 6.54 Å². The van der Waals surface area contributed by atoms with Crippen LogP contribution >= 0.6 is 12.2 Å². The minimum Gasteiger partial charge on any atom is -0.360 e. The fourth-order valence-corrected chi connectivity index (χ4v) is 4.08. The molecule has 2 heterocycles. The summed E-state index contributed by atoms with van der Waals surface area (Å²) in [6.07, 6.45) is 2.08. The van der Waals surface area contributed by atoms with Crippen molar-refractivity contribution >= 4 is 34.3 Å². The van der Waals surface area contributed by atoms with Gasteiger partial charge in [0.25, 0.3) is 0 Å². The van der Waals surface area contributed by atoms with Crippen molar-refractivity contribution in [3.05, 3.63) is 59.9 Å². The van der Waals surface area contributed by atoms with Gasteiger partial charge in [-0.3, -0.25) is 0 Å². The molecule has 5 N–H and O–H groups in total. The second kappa shape index (κ2) is 10.0. The molecule has 0 saturated carbocycles. The van der Waals surface area contributed by atoms with E-state index in [-0.39, 0.29) is 5.82 Å². The molecule has 2 aromatic carbocycles. The SMILES string of the molecule is NNC(=S)NCCN1CCC(Nc2nc3ccccc3n2Cc2ccc(F)cc2)CC1. The number of aromatic nitrogens is 2. The Kier molecular flexibility index (Phi) is 6.96. The van der Waals surface area contributed by atoms with Crippen LogP contribution in [0.25, 0.3) is 11.0 Å². The summed E-state index contributed by atoms with van der Waals surface area (Å²) in [5, 5.41) is 7.21. The van der Waals surface area contributed by atoms with E-state index in [4.69, 9.17) is 23.0 Å². The van der Waals surface area contributed by atoms with Gasteiger partial charge in [0.2, 0.25) is 5.95 Å². The van der Waals surface area contributed by atoms with Crippen LogP contribution in [0.4, 0.5) is 10.3 Å². The van der Waals surface area contributed by atoms with Crippen LogP contribution in [0.3, 0.4) is 0 Å². The van der Waals surface area contributed by atoms with Crippen LogP contribution in [0.15, 0.2) is 48.5 Å². The van der Waals surface area contributed by atoms with Crippen molar-refractivity contribution < 1.29 is 4.39 Å². The molecule has 0 bridgehead atoms. The molecular formula is C22H28FN7S. The molecule has 1 aliphatic rings. The van der Waals surface area contributed by atoms with E-state index < -0.39 is 0 Å². The topological polar surface area (TPSA) is 83.2 Å². The number of benzene rings is 2. The second-order valence-electron chi connectivity index (χ2n) is 7.80. The summed E-state index contributed by atoms with van der Waals surface area (Å²) in [5.74, 6) is 5.92. The number of likely N-dealkylation sites (tertiary alicyclic amines) is 1. The number of halogens is 1. The maximum atomic E-state index is 13.3. The van der Waals surface area contributed by atoms with Crippen molar-refractivity contribution in [2.24, 2.45) is 5.84 Å². The highest BCUT2D eigenvalue weighted by molar-refractivity contribution is 7.80. The Morgan fingerprint density at radius 2 is 1.87 bits per heavy atom. The average molecular weight is 442 g/mol. The number of nitrogens with zero attached hydrogens (tertiary/aromatic N) is 3. The summed E-state index contributed by atoms with van der Waals surface area (Å²) in [4.78, 5) is 7.26. The maximum absolute atomic E-state index is 13.3. The first-order valence-corrected chi connectivity index (χ1v) is 11.0. The second-order valence-corrected chi connectivity index (χ2v) is 8.21. The third-order valence-electron chi connectivity index (χ3n) is 5.67. The van der Waals surface area contributed by atoms with Gasteiger partial charge >= 0.3 is 0 Å². The number of anilines is 1. The lowest BCUT2D eigenvalue weighted by Gasteiger charge is -2.32. The first kappa shape index (κ1) is 21.5. The summed E-state index contributed by atoms with van der Waals surface area (Å²) in [7, 11) is 0. The Labute approximate surface area is 186 Å². The van der Waals surface area contributed by atoms with E-state index >= 15 is 0 Å². The lowest BCUT2D eigenvalue weighted by molar-refractivity contribution is 0.222. The highest BCUT2D eigenvalue weighted by atomic mass is 32.1. The van der Waals surface area contributed by atoms with Gasteiger partial charge in [-0.15, -0.1) is 0 Å². The number of imidazole rings is 1. The molecule has 1 aromatic heterocycles. The van der Waals surface area contributed by atoms with Gasteiger partial charge in [0.15, 0.2) is 5.11 Å². The molecule has 7 nitrogen and oxygen atoms in total. The lowest BCUT2D eigenvalue weighted by Crippen LogP contribution is -2.45. The first-order chi connectivity index (χ1) is 15.1. The van der Waals surface area contributed by atoms with Gasteiger partial charge in [0.05, 0.1) is 17.6 Å². The molecule has 4 rings (SSSR count). The number of nitrogens with two attached hydrogens (primary N) is 1. The van der Waals surface area contributed by atoms with Crippen LogP contribution < -0.4 is 21.9 Å². The van der Waals surface area contributed by atoms with Crippen molar-refractivity contribution in [2.75, 3.05) is 31.5 Å². The number of hydrazine groups is 1. The molecule has 0 radical (unpaired) electrons. The zero-order chi connectivity index (χ0) is 21.6. The minimum absolute atomic E-state index is 0.222. The fourth-order valence-electron chi connectivity index (χ4n) is 3.98. The van der Waals surface area contributed by atoms with Crippen molar-refractivity contribution in [3.8, 4) is 0 Å². The van der Waals surface area contributed by atoms with Crippen molar-refractivity contribution in [1.29, 1.82) is 0 Å². The molecule has 164 valence electrons. The van der Waals surface area contributed by atoms with Crippen LogP contribution in [0.5, 0.6) is 0 Å². The molecule has 1 aliphatic heterocycles. The number of fused-ring (bicyclic) bond motifs is 1. The quantitative estimate of drug-likeness (QED) is 0.255. The number of hydrogen-bond donors (Lipinski definition) is 4. The van der Waals surface area contributed by atoms with Gasteiger partial charge in [0, 0.05) is 32.2 Å². The molecule has 0 unspecified atom stereocenters. The third-order valence-corrected chi connectivity index (χ3v) is 5.94. The zero-order valence-corrected chi connectivity index (χ0v) is 18.2. The highest BCUT2D eigenvalue weighted by Gasteiger charge is 2.21. The summed E-state index contributed by atoms with van der Waals surface area (Å²) < 4.78 is 15.5. The summed E-state index contributed by atoms with van der Waals surface area (Å²) in [6.45, 7) is 4.37. The highest BCUT2D eigenvalue weighted by Crippen LogP contribution is 2.24. The predicted molar refractivity (Wildman–Crippen MR) is 126 cm³/mol. The number of hydrogen-bond acceptors (Lipinski definition) is 5. The Bertz CT molecular complexity index is 1010. The molecule has 31 heavy (non-hydrogen) atoms. The smallest absolute Gasteiger partial charge is 0.204 e. The fraction of sp³-hybridized carbons (Fsp3) is 0.364. The molecule has 1 fully saturated rings. The summed E-state index contributed by atoms with van der Waals surface area (Å²) in [5.41, 5.74) is 5.51. The van der Waals surface area contributed by atoms with Gasteiger partial charge in [-0.2, -0.15) is 0 Å². The Morgan fingerprint density at radius 1 is 1.13 bits per heavy atom. The van der Waals surface area contributed by atoms with Crippen molar-refractivity contribution in [1.82, 2.24) is 25.2 Å². The van der Waals surface area contributed by atoms with Gasteiger partial charge in [-0.25, -0.2) is 15.2 Å². The summed E-state index contributed by atoms with van der Waals surface area (Å²) >= 11 is 5.00. The third kappa shape index (κ3) is 5.49. The molecule has 0 amide bonds. The van der Waals surface area contributed by atoms with E-state index in [0.717, 1.165) is 61.6 Å². The molecule has 1 saturated heterocycles.